The Kier molecular flexibility index (Phi) is 4.61. The summed E-state index contributed by atoms with van der Waals surface area (Å²) in [5.74, 6) is 1.22. The van der Waals surface area contributed by atoms with E-state index >= 15 is 0 Å². The molecule has 7 nitrogen and oxygen atoms in total. The summed E-state index contributed by atoms with van der Waals surface area (Å²) >= 11 is 1.44. The minimum Gasteiger partial charge on any atom is -0.360 e. The summed E-state index contributed by atoms with van der Waals surface area (Å²) in [6, 6.07) is 14.1. The molecule has 2 aromatic carbocycles. The number of carbonyl (C=O) groups is 2. The van der Waals surface area contributed by atoms with Crippen molar-refractivity contribution in [2.45, 2.75) is 36.9 Å². The number of Topliss-reactive ketones (excluding diaryl/α,β-unsaturated/α-hetero) is 1. The highest BCUT2D eigenvalue weighted by Gasteiger charge is 2.31. The highest BCUT2D eigenvalue weighted by molar-refractivity contribution is 7.99. The van der Waals surface area contributed by atoms with Gasteiger partial charge in [0, 0.05) is 46.4 Å². The fourth-order valence-corrected chi connectivity index (χ4v) is 5.15. The number of thioether (sulfide) groups is 1. The quantitative estimate of drug-likeness (QED) is 0.335. The predicted octanol–water partition coefficient (Wildman–Crippen LogP) is 4.62. The van der Waals surface area contributed by atoms with Gasteiger partial charge in [0.15, 0.2) is 16.8 Å². The number of fused-ring (bicyclic) bond motifs is 2. The first-order valence-corrected chi connectivity index (χ1v) is 11.8. The van der Waals surface area contributed by atoms with E-state index in [1.54, 1.807) is 6.07 Å². The van der Waals surface area contributed by atoms with Crippen LogP contribution in [0.1, 0.15) is 41.2 Å². The van der Waals surface area contributed by atoms with E-state index in [1.165, 1.54) is 11.8 Å². The average Bonchev–Trinajstić information content (AvgIpc) is 3.42. The molecule has 0 unspecified atom stereocenters. The molecule has 0 saturated heterocycles. The van der Waals surface area contributed by atoms with Gasteiger partial charge in [-0.2, -0.15) is 0 Å². The second-order valence-corrected chi connectivity index (χ2v) is 9.23. The Bertz CT molecular complexity index is 1370. The molecule has 32 heavy (non-hydrogen) atoms. The van der Waals surface area contributed by atoms with E-state index in [-0.39, 0.29) is 11.7 Å². The Morgan fingerprint density at radius 2 is 2.00 bits per heavy atom. The summed E-state index contributed by atoms with van der Waals surface area (Å²) in [5.41, 5.74) is 4.60. The van der Waals surface area contributed by atoms with Crippen molar-refractivity contribution < 1.29 is 9.59 Å². The van der Waals surface area contributed by atoms with Gasteiger partial charge in [-0.1, -0.05) is 30.0 Å². The van der Waals surface area contributed by atoms with Crippen LogP contribution in [0.25, 0.3) is 22.3 Å². The molecule has 8 heteroatoms. The number of aromatic nitrogens is 4. The number of rotatable bonds is 6. The lowest BCUT2D eigenvalue weighted by molar-refractivity contribution is -0.116. The van der Waals surface area contributed by atoms with Gasteiger partial charge in [0.1, 0.15) is 0 Å². The molecule has 0 spiro atoms. The van der Waals surface area contributed by atoms with E-state index in [0.717, 1.165) is 51.5 Å². The lowest BCUT2D eigenvalue weighted by Gasteiger charge is -2.17. The lowest BCUT2D eigenvalue weighted by atomic mass is 9.99. The van der Waals surface area contributed by atoms with Crippen molar-refractivity contribution in [1.29, 1.82) is 0 Å². The highest BCUT2D eigenvalue weighted by Crippen LogP contribution is 2.42. The van der Waals surface area contributed by atoms with Crippen molar-refractivity contribution in [2.75, 3.05) is 11.1 Å². The summed E-state index contributed by atoms with van der Waals surface area (Å²) in [7, 11) is 0. The van der Waals surface area contributed by atoms with Crippen molar-refractivity contribution in [1.82, 2.24) is 19.7 Å². The van der Waals surface area contributed by atoms with Crippen LogP contribution in [-0.2, 0) is 11.2 Å². The van der Waals surface area contributed by atoms with Crippen molar-refractivity contribution in [3.63, 3.8) is 0 Å². The predicted molar refractivity (Wildman–Crippen MR) is 124 cm³/mol. The van der Waals surface area contributed by atoms with Crippen molar-refractivity contribution >= 4 is 40.0 Å². The van der Waals surface area contributed by atoms with Gasteiger partial charge >= 0.3 is 0 Å². The number of H-pyrrole nitrogens is 1. The maximum atomic E-state index is 12.9. The van der Waals surface area contributed by atoms with Crippen LogP contribution in [0.4, 0.5) is 5.69 Å². The molecule has 6 rings (SSSR count). The number of amides is 1. The standard InChI is InChI=1S/C24H21N5O2S/c30-21(15-5-9-19-14(11-15)6-10-22(31)26-19)13-32-24-28-27-23(29(24)16-7-8-16)18-12-25-20-4-2-1-3-17(18)20/h1-5,9,11-12,16,25H,6-8,10,13H2,(H,26,31). The van der Waals surface area contributed by atoms with Crippen molar-refractivity contribution in [2.24, 2.45) is 0 Å². The van der Waals surface area contributed by atoms with E-state index in [4.69, 9.17) is 0 Å². The van der Waals surface area contributed by atoms with Gasteiger partial charge in [-0.05, 0) is 49.1 Å². The van der Waals surface area contributed by atoms with Crippen LogP contribution < -0.4 is 5.32 Å². The molecule has 1 fully saturated rings. The zero-order valence-corrected chi connectivity index (χ0v) is 18.1. The number of anilines is 1. The summed E-state index contributed by atoms with van der Waals surface area (Å²) in [4.78, 5) is 27.8. The molecule has 2 N–H and O–H groups in total. The number of nitrogens with zero attached hydrogens (tertiary/aromatic N) is 3. The van der Waals surface area contributed by atoms with Crippen molar-refractivity contribution in [3.8, 4) is 11.4 Å². The second kappa shape index (κ2) is 7.63. The Morgan fingerprint density at radius 3 is 2.88 bits per heavy atom. The first kappa shape index (κ1) is 19.3. The number of benzene rings is 2. The largest absolute Gasteiger partial charge is 0.360 e. The maximum absolute atomic E-state index is 12.9. The number of aryl methyl sites for hydroxylation is 1. The molecular formula is C24H21N5O2S. The molecule has 0 bridgehead atoms. The van der Waals surface area contributed by atoms with Crippen LogP contribution in [0.2, 0.25) is 0 Å². The Labute approximate surface area is 188 Å². The second-order valence-electron chi connectivity index (χ2n) is 8.29. The number of para-hydroxylation sites is 1. The van der Waals surface area contributed by atoms with E-state index in [2.05, 4.69) is 37.2 Å². The molecule has 4 aromatic rings. The third kappa shape index (κ3) is 3.40. The minimum atomic E-state index is 0.0255. The van der Waals surface area contributed by atoms with E-state index < -0.39 is 0 Å². The molecule has 1 aliphatic heterocycles. The summed E-state index contributed by atoms with van der Waals surface area (Å²) < 4.78 is 2.19. The number of carbonyl (C=O) groups excluding carboxylic acids is 2. The number of ketones is 1. The Morgan fingerprint density at radius 1 is 1.12 bits per heavy atom. The van der Waals surface area contributed by atoms with Crippen LogP contribution in [-0.4, -0.2) is 37.2 Å². The number of aromatic amines is 1. The Balaban J connectivity index is 1.25. The van der Waals surface area contributed by atoms with Gasteiger partial charge in [-0.25, -0.2) is 0 Å². The first-order valence-electron chi connectivity index (χ1n) is 10.8. The SMILES string of the molecule is O=C1CCc2cc(C(=O)CSc3nnc(-c4c[nH]c5ccccc45)n3C3CC3)ccc2N1. The molecule has 2 aliphatic rings. The molecule has 0 atom stereocenters. The molecule has 1 amide bonds. The molecule has 160 valence electrons. The molecule has 3 heterocycles. The number of hydrogen-bond donors (Lipinski definition) is 2. The first-order chi connectivity index (χ1) is 15.7. The zero-order chi connectivity index (χ0) is 21.7. The molecule has 0 radical (unpaired) electrons. The minimum absolute atomic E-state index is 0.0255. The van der Waals surface area contributed by atoms with E-state index in [1.807, 2.05) is 30.5 Å². The highest BCUT2D eigenvalue weighted by atomic mass is 32.2. The Hall–Kier alpha value is -3.39. The van der Waals surface area contributed by atoms with Crippen LogP contribution >= 0.6 is 11.8 Å². The van der Waals surface area contributed by atoms with E-state index in [9.17, 15) is 9.59 Å². The number of hydrogen-bond acceptors (Lipinski definition) is 5. The molecular weight excluding hydrogens is 422 g/mol. The van der Waals surface area contributed by atoms with Crippen LogP contribution in [0.5, 0.6) is 0 Å². The summed E-state index contributed by atoms with van der Waals surface area (Å²) in [5, 5.41) is 13.7. The fraction of sp³-hybridized carbons (Fsp3) is 0.250. The van der Waals surface area contributed by atoms with Crippen LogP contribution in [0.3, 0.4) is 0 Å². The van der Waals surface area contributed by atoms with Gasteiger partial charge in [0.25, 0.3) is 0 Å². The topological polar surface area (TPSA) is 92.7 Å². The average molecular weight is 444 g/mol. The third-order valence-corrected chi connectivity index (χ3v) is 7.00. The summed E-state index contributed by atoms with van der Waals surface area (Å²) in [6.45, 7) is 0. The van der Waals surface area contributed by atoms with Crippen LogP contribution in [0, 0.1) is 0 Å². The van der Waals surface area contributed by atoms with Crippen LogP contribution in [0.15, 0.2) is 53.8 Å². The third-order valence-electron chi connectivity index (χ3n) is 6.06. The normalized spacial score (nSPS) is 15.6. The fourth-order valence-electron chi connectivity index (χ4n) is 4.25. The lowest BCUT2D eigenvalue weighted by Crippen LogP contribution is -2.19. The smallest absolute Gasteiger partial charge is 0.224 e. The van der Waals surface area contributed by atoms with Crippen molar-refractivity contribution in [3.05, 3.63) is 59.8 Å². The van der Waals surface area contributed by atoms with Gasteiger partial charge in [-0.3, -0.25) is 14.2 Å². The maximum Gasteiger partial charge on any atom is 0.224 e. The van der Waals surface area contributed by atoms with Gasteiger partial charge in [0.05, 0.1) is 5.75 Å². The van der Waals surface area contributed by atoms with Gasteiger partial charge in [-0.15, -0.1) is 10.2 Å². The number of nitrogens with one attached hydrogen (secondary N) is 2. The zero-order valence-electron chi connectivity index (χ0n) is 17.3. The molecule has 2 aromatic heterocycles. The monoisotopic (exact) mass is 443 g/mol. The summed E-state index contributed by atoms with van der Waals surface area (Å²) in [6.07, 6.45) is 5.32. The molecule has 1 saturated carbocycles. The molecule has 1 aliphatic carbocycles. The van der Waals surface area contributed by atoms with E-state index in [0.29, 0.717) is 30.2 Å². The van der Waals surface area contributed by atoms with Gasteiger partial charge in [0.2, 0.25) is 5.91 Å². The van der Waals surface area contributed by atoms with Gasteiger partial charge < -0.3 is 10.3 Å².